The number of hydrogen-bond acceptors (Lipinski definition) is 3. The summed E-state index contributed by atoms with van der Waals surface area (Å²) < 4.78 is 0. The fourth-order valence-electron chi connectivity index (χ4n) is 2.68. The highest BCUT2D eigenvalue weighted by Gasteiger charge is 2.42. The average molecular weight is 226 g/mol. The van der Waals surface area contributed by atoms with Gasteiger partial charge in [0.25, 0.3) is 0 Å². The molecule has 2 aliphatic rings. The minimum absolute atomic E-state index is 0.0843. The predicted octanol–water partition coefficient (Wildman–Crippen LogP) is 1.02. The van der Waals surface area contributed by atoms with E-state index < -0.39 is 5.97 Å². The standard InChI is InChI=1S/C12H22N2O2/c1-12(2)8-14(9-4-5-9)7-10(13(12)3)6-11(15)16/h9-10H,4-8H2,1-3H3,(H,15,16). The Morgan fingerprint density at radius 2 is 2.06 bits per heavy atom. The molecule has 0 aromatic rings. The Hall–Kier alpha value is -0.610. The van der Waals surface area contributed by atoms with E-state index in [0.717, 1.165) is 19.1 Å². The van der Waals surface area contributed by atoms with Gasteiger partial charge in [-0.2, -0.15) is 0 Å². The molecule has 1 atom stereocenters. The summed E-state index contributed by atoms with van der Waals surface area (Å²) in [5.41, 5.74) is 0.0843. The number of nitrogens with zero attached hydrogens (tertiary/aromatic N) is 2. The van der Waals surface area contributed by atoms with Crippen molar-refractivity contribution in [1.29, 1.82) is 0 Å². The van der Waals surface area contributed by atoms with Crippen LogP contribution < -0.4 is 0 Å². The van der Waals surface area contributed by atoms with Crippen LogP contribution in [0.2, 0.25) is 0 Å². The Balaban J connectivity index is 2.06. The smallest absolute Gasteiger partial charge is 0.304 e. The van der Waals surface area contributed by atoms with Crippen molar-refractivity contribution in [2.75, 3.05) is 20.1 Å². The summed E-state index contributed by atoms with van der Waals surface area (Å²) >= 11 is 0. The van der Waals surface area contributed by atoms with E-state index in [1.165, 1.54) is 12.8 Å². The van der Waals surface area contributed by atoms with Gasteiger partial charge < -0.3 is 5.11 Å². The maximum atomic E-state index is 10.9. The van der Waals surface area contributed by atoms with Crippen LogP contribution in [0.3, 0.4) is 0 Å². The molecular formula is C12H22N2O2. The van der Waals surface area contributed by atoms with Gasteiger partial charge in [0.05, 0.1) is 6.42 Å². The molecule has 2 rings (SSSR count). The van der Waals surface area contributed by atoms with Gasteiger partial charge in [0.2, 0.25) is 0 Å². The molecule has 0 aromatic heterocycles. The molecule has 1 saturated heterocycles. The van der Waals surface area contributed by atoms with Gasteiger partial charge in [0, 0.05) is 30.7 Å². The number of likely N-dealkylation sites (N-methyl/N-ethyl adjacent to an activating group) is 1. The fraction of sp³-hybridized carbons (Fsp3) is 0.917. The minimum atomic E-state index is -0.690. The third-order valence-corrected chi connectivity index (χ3v) is 4.01. The quantitative estimate of drug-likeness (QED) is 0.780. The molecular weight excluding hydrogens is 204 g/mol. The van der Waals surface area contributed by atoms with Crippen molar-refractivity contribution in [2.24, 2.45) is 0 Å². The molecule has 0 bridgehead atoms. The van der Waals surface area contributed by atoms with Crippen LogP contribution in [-0.2, 0) is 4.79 Å². The molecule has 2 fully saturated rings. The number of carbonyl (C=O) groups is 1. The van der Waals surface area contributed by atoms with Gasteiger partial charge in [0.1, 0.15) is 0 Å². The minimum Gasteiger partial charge on any atom is -0.481 e. The molecule has 1 aliphatic carbocycles. The SMILES string of the molecule is CN1C(CC(=O)O)CN(C2CC2)CC1(C)C. The highest BCUT2D eigenvalue weighted by molar-refractivity contribution is 5.67. The van der Waals surface area contributed by atoms with Crippen molar-refractivity contribution in [3.63, 3.8) is 0 Å². The van der Waals surface area contributed by atoms with Gasteiger partial charge in [-0.3, -0.25) is 14.6 Å². The molecule has 1 aliphatic heterocycles. The molecule has 1 heterocycles. The Kier molecular flexibility index (Phi) is 2.97. The van der Waals surface area contributed by atoms with Crippen molar-refractivity contribution >= 4 is 5.97 Å². The second kappa shape index (κ2) is 4.00. The van der Waals surface area contributed by atoms with Gasteiger partial charge in [-0.1, -0.05) is 0 Å². The average Bonchev–Trinajstić information content (AvgIpc) is 2.94. The van der Waals surface area contributed by atoms with Crippen LogP contribution in [0, 0.1) is 0 Å². The fourth-order valence-corrected chi connectivity index (χ4v) is 2.68. The Morgan fingerprint density at radius 3 is 2.56 bits per heavy atom. The number of carboxylic acids is 1. The molecule has 1 unspecified atom stereocenters. The first-order valence-corrected chi connectivity index (χ1v) is 6.09. The summed E-state index contributed by atoms with van der Waals surface area (Å²) in [4.78, 5) is 15.6. The molecule has 0 spiro atoms. The van der Waals surface area contributed by atoms with E-state index >= 15 is 0 Å². The lowest BCUT2D eigenvalue weighted by atomic mass is 9.94. The Morgan fingerprint density at radius 1 is 1.44 bits per heavy atom. The van der Waals surface area contributed by atoms with E-state index in [1.807, 2.05) is 0 Å². The third-order valence-electron chi connectivity index (χ3n) is 4.01. The zero-order chi connectivity index (χ0) is 11.9. The number of rotatable bonds is 3. The zero-order valence-corrected chi connectivity index (χ0v) is 10.4. The summed E-state index contributed by atoms with van der Waals surface area (Å²) in [6, 6.07) is 0.881. The lowest BCUT2D eigenvalue weighted by Crippen LogP contribution is -2.63. The van der Waals surface area contributed by atoms with Crippen LogP contribution in [0.1, 0.15) is 33.1 Å². The lowest BCUT2D eigenvalue weighted by Gasteiger charge is -2.50. The highest BCUT2D eigenvalue weighted by atomic mass is 16.4. The monoisotopic (exact) mass is 226 g/mol. The molecule has 0 aromatic carbocycles. The van der Waals surface area contributed by atoms with Crippen molar-refractivity contribution in [3.8, 4) is 0 Å². The van der Waals surface area contributed by atoms with Crippen LogP contribution in [0.25, 0.3) is 0 Å². The van der Waals surface area contributed by atoms with E-state index in [4.69, 9.17) is 5.11 Å². The normalized spacial score (nSPS) is 31.6. The molecule has 16 heavy (non-hydrogen) atoms. The number of aliphatic carboxylic acids is 1. The topological polar surface area (TPSA) is 43.8 Å². The largest absolute Gasteiger partial charge is 0.481 e. The molecule has 4 nitrogen and oxygen atoms in total. The van der Waals surface area contributed by atoms with Crippen LogP contribution in [0.15, 0.2) is 0 Å². The van der Waals surface area contributed by atoms with Crippen LogP contribution in [0.4, 0.5) is 0 Å². The van der Waals surface area contributed by atoms with E-state index in [9.17, 15) is 4.79 Å². The molecule has 92 valence electrons. The maximum Gasteiger partial charge on any atom is 0.304 e. The van der Waals surface area contributed by atoms with Crippen molar-refractivity contribution in [3.05, 3.63) is 0 Å². The van der Waals surface area contributed by atoms with Crippen molar-refractivity contribution < 1.29 is 9.90 Å². The summed E-state index contributed by atoms with van der Waals surface area (Å²) in [6.07, 6.45) is 2.84. The predicted molar refractivity (Wildman–Crippen MR) is 62.5 cm³/mol. The highest BCUT2D eigenvalue weighted by Crippen LogP contribution is 2.33. The van der Waals surface area contributed by atoms with Gasteiger partial charge in [-0.25, -0.2) is 0 Å². The van der Waals surface area contributed by atoms with Gasteiger partial charge in [-0.05, 0) is 33.7 Å². The molecule has 0 amide bonds. The molecule has 1 N–H and O–H groups in total. The molecule has 1 saturated carbocycles. The third kappa shape index (κ3) is 2.38. The number of piperazine rings is 1. The summed E-state index contributed by atoms with van der Waals surface area (Å²) in [5, 5.41) is 8.95. The second-order valence-electron chi connectivity index (χ2n) is 5.84. The van der Waals surface area contributed by atoms with Crippen LogP contribution in [0.5, 0.6) is 0 Å². The van der Waals surface area contributed by atoms with Crippen molar-refractivity contribution in [1.82, 2.24) is 9.80 Å². The van der Waals surface area contributed by atoms with Gasteiger partial charge >= 0.3 is 5.97 Å². The molecule has 4 heteroatoms. The Labute approximate surface area is 97.2 Å². The van der Waals surface area contributed by atoms with Crippen molar-refractivity contribution in [2.45, 2.75) is 50.7 Å². The van der Waals surface area contributed by atoms with E-state index in [-0.39, 0.29) is 18.0 Å². The summed E-state index contributed by atoms with van der Waals surface area (Å²) in [7, 11) is 2.05. The zero-order valence-electron chi connectivity index (χ0n) is 10.4. The first kappa shape index (κ1) is 11.9. The summed E-state index contributed by atoms with van der Waals surface area (Å²) in [5.74, 6) is -0.690. The first-order valence-electron chi connectivity index (χ1n) is 6.09. The van der Waals surface area contributed by atoms with Crippen LogP contribution >= 0.6 is 0 Å². The second-order valence-corrected chi connectivity index (χ2v) is 5.84. The lowest BCUT2D eigenvalue weighted by molar-refractivity contribution is -0.140. The number of carboxylic acid groups (broad SMARTS) is 1. The van der Waals surface area contributed by atoms with Gasteiger partial charge in [-0.15, -0.1) is 0 Å². The van der Waals surface area contributed by atoms with E-state index in [0.29, 0.717) is 0 Å². The van der Waals surface area contributed by atoms with Gasteiger partial charge in [0.15, 0.2) is 0 Å². The van der Waals surface area contributed by atoms with Crippen LogP contribution in [-0.4, -0.2) is 58.6 Å². The Bertz CT molecular complexity index is 287. The first-order chi connectivity index (χ1) is 7.40. The maximum absolute atomic E-state index is 10.9. The van der Waals surface area contributed by atoms with E-state index in [1.54, 1.807) is 0 Å². The molecule has 0 radical (unpaired) electrons. The van der Waals surface area contributed by atoms with E-state index in [2.05, 4.69) is 30.7 Å². The summed E-state index contributed by atoms with van der Waals surface area (Å²) in [6.45, 7) is 6.38. The number of hydrogen-bond donors (Lipinski definition) is 1.